The Bertz CT molecular complexity index is 396. The van der Waals surface area contributed by atoms with Gasteiger partial charge in [0.2, 0.25) is 0 Å². The predicted molar refractivity (Wildman–Crippen MR) is 66.0 cm³/mol. The number of hydrogen-bond donors (Lipinski definition) is 0. The molecule has 1 aromatic carbocycles. The summed E-state index contributed by atoms with van der Waals surface area (Å²) >= 11 is 0. The van der Waals surface area contributed by atoms with E-state index in [4.69, 9.17) is 0 Å². The van der Waals surface area contributed by atoms with Crippen molar-refractivity contribution in [2.75, 3.05) is 20.6 Å². The molecular weight excluding hydrogens is 198 g/mol. The number of rotatable bonds is 4. The van der Waals surface area contributed by atoms with Gasteiger partial charge in [-0.15, -0.1) is 0 Å². The van der Waals surface area contributed by atoms with Crippen LogP contribution in [0, 0.1) is 0 Å². The number of hydrogen-bond acceptors (Lipinski definition) is 2. The molecule has 0 aromatic heterocycles. The summed E-state index contributed by atoms with van der Waals surface area (Å²) in [5, 5.41) is 0. The number of fused-ring (bicyclic) bond motifs is 1. The van der Waals surface area contributed by atoms with Gasteiger partial charge in [-0.2, -0.15) is 0 Å². The third-order valence-electron chi connectivity index (χ3n) is 3.23. The van der Waals surface area contributed by atoms with Crippen LogP contribution in [0.5, 0.6) is 0 Å². The van der Waals surface area contributed by atoms with Crippen LogP contribution in [0.3, 0.4) is 0 Å². The number of carbonyl (C=O) groups is 1. The Morgan fingerprint density at radius 1 is 1.31 bits per heavy atom. The van der Waals surface area contributed by atoms with E-state index in [0.717, 1.165) is 24.9 Å². The molecule has 0 aliphatic heterocycles. The monoisotopic (exact) mass is 217 g/mol. The summed E-state index contributed by atoms with van der Waals surface area (Å²) in [6.45, 7) is 0.836. The molecule has 0 amide bonds. The lowest BCUT2D eigenvalue weighted by Gasteiger charge is -2.10. The van der Waals surface area contributed by atoms with Crippen LogP contribution in [0.4, 0.5) is 0 Å². The molecule has 0 N–H and O–H groups in total. The second kappa shape index (κ2) is 4.79. The van der Waals surface area contributed by atoms with E-state index in [-0.39, 0.29) is 0 Å². The van der Waals surface area contributed by atoms with Crippen LogP contribution < -0.4 is 0 Å². The van der Waals surface area contributed by atoms with Crippen molar-refractivity contribution in [2.45, 2.75) is 25.7 Å². The highest BCUT2D eigenvalue weighted by molar-refractivity contribution is 5.98. The zero-order valence-corrected chi connectivity index (χ0v) is 10.1. The summed E-state index contributed by atoms with van der Waals surface area (Å²) in [5.41, 5.74) is 3.67. The fourth-order valence-electron chi connectivity index (χ4n) is 2.34. The van der Waals surface area contributed by atoms with Crippen LogP contribution in [0.15, 0.2) is 18.2 Å². The zero-order chi connectivity index (χ0) is 11.5. The van der Waals surface area contributed by atoms with Gasteiger partial charge in [0.1, 0.15) is 0 Å². The van der Waals surface area contributed by atoms with Crippen molar-refractivity contribution in [3.05, 3.63) is 34.9 Å². The van der Waals surface area contributed by atoms with E-state index < -0.39 is 0 Å². The van der Waals surface area contributed by atoms with Crippen molar-refractivity contribution >= 4 is 5.78 Å². The first kappa shape index (κ1) is 11.3. The minimum Gasteiger partial charge on any atom is -0.309 e. The summed E-state index contributed by atoms with van der Waals surface area (Å²) in [6, 6.07) is 6.17. The standard InChI is InChI=1S/C14H19NO/c1-15(2)10-9-14(16)13-8-4-6-11-5-3-7-12(11)13/h4,6,8H,3,5,7,9-10H2,1-2H3. The average molecular weight is 217 g/mol. The van der Waals surface area contributed by atoms with Crippen molar-refractivity contribution in [1.82, 2.24) is 4.90 Å². The van der Waals surface area contributed by atoms with E-state index in [1.807, 2.05) is 26.2 Å². The van der Waals surface area contributed by atoms with Gasteiger partial charge >= 0.3 is 0 Å². The van der Waals surface area contributed by atoms with Crippen LogP contribution in [-0.2, 0) is 12.8 Å². The highest BCUT2D eigenvalue weighted by Crippen LogP contribution is 2.25. The minimum absolute atomic E-state index is 0.299. The first-order chi connectivity index (χ1) is 7.68. The van der Waals surface area contributed by atoms with Gasteiger partial charge < -0.3 is 4.90 Å². The van der Waals surface area contributed by atoms with Crippen LogP contribution in [-0.4, -0.2) is 31.3 Å². The number of carbonyl (C=O) groups excluding carboxylic acids is 1. The lowest BCUT2D eigenvalue weighted by atomic mass is 9.98. The van der Waals surface area contributed by atoms with Gasteiger partial charge in [0, 0.05) is 18.5 Å². The number of Topliss-reactive ketones (excluding diaryl/α,β-unsaturated/α-hetero) is 1. The molecule has 0 bridgehead atoms. The van der Waals surface area contributed by atoms with Crippen LogP contribution >= 0.6 is 0 Å². The van der Waals surface area contributed by atoms with E-state index >= 15 is 0 Å². The molecule has 1 aromatic rings. The summed E-state index contributed by atoms with van der Waals surface area (Å²) < 4.78 is 0. The lowest BCUT2D eigenvalue weighted by Crippen LogP contribution is -2.17. The molecule has 2 heteroatoms. The van der Waals surface area contributed by atoms with Gasteiger partial charge in [0.25, 0.3) is 0 Å². The van der Waals surface area contributed by atoms with Crippen molar-refractivity contribution in [1.29, 1.82) is 0 Å². The van der Waals surface area contributed by atoms with E-state index in [1.54, 1.807) is 0 Å². The molecule has 1 aliphatic rings. The number of nitrogens with zero attached hydrogens (tertiary/aromatic N) is 1. The van der Waals surface area contributed by atoms with Crippen LogP contribution in [0.1, 0.15) is 34.3 Å². The summed E-state index contributed by atoms with van der Waals surface area (Å²) in [6.07, 6.45) is 4.06. The Kier molecular flexibility index (Phi) is 3.39. The van der Waals surface area contributed by atoms with E-state index in [9.17, 15) is 4.79 Å². The molecule has 0 radical (unpaired) electrons. The van der Waals surface area contributed by atoms with Crippen molar-refractivity contribution in [2.24, 2.45) is 0 Å². The maximum Gasteiger partial charge on any atom is 0.164 e. The van der Waals surface area contributed by atoms with Gasteiger partial charge in [-0.3, -0.25) is 4.79 Å². The number of aryl methyl sites for hydroxylation is 1. The molecule has 0 saturated carbocycles. The Hall–Kier alpha value is -1.15. The number of benzene rings is 1. The van der Waals surface area contributed by atoms with Gasteiger partial charge in [0.05, 0.1) is 0 Å². The van der Waals surface area contributed by atoms with Crippen LogP contribution in [0.25, 0.3) is 0 Å². The van der Waals surface area contributed by atoms with E-state index in [0.29, 0.717) is 12.2 Å². The lowest BCUT2D eigenvalue weighted by molar-refractivity contribution is 0.0971. The fraction of sp³-hybridized carbons (Fsp3) is 0.500. The van der Waals surface area contributed by atoms with E-state index in [1.165, 1.54) is 17.5 Å². The Labute approximate surface area is 97.3 Å². The molecule has 86 valence electrons. The molecule has 2 rings (SSSR count). The fourth-order valence-corrected chi connectivity index (χ4v) is 2.34. The molecule has 1 aliphatic carbocycles. The molecule has 0 atom stereocenters. The van der Waals surface area contributed by atoms with Gasteiger partial charge in [0.15, 0.2) is 5.78 Å². The SMILES string of the molecule is CN(C)CCC(=O)c1cccc2c1CCC2. The first-order valence-electron chi connectivity index (χ1n) is 5.97. The second-order valence-electron chi connectivity index (χ2n) is 4.77. The normalized spacial score (nSPS) is 14.2. The van der Waals surface area contributed by atoms with Gasteiger partial charge in [-0.05, 0) is 44.5 Å². The third kappa shape index (κ3) is 2.33. The molecule has 0 heterocycles. The summed E-state index contributed by atoms with van der Waals surface area (Å²) in [5.74, 6) is 0.299. The highest BCUT2D eigenvalue weighted by Gasteiger charge is 2.18. The van der Waals surface area contributed by atoms with Crippen LogP contribution in [0.2, 0.25) is 0 Å². The minimum atomic E-state index is 0.299. The van der Waals surface area contributed by atoms with Crippen molar-refractivity contribution < 1.29 is 4.79 Å². The molecule has 0 unspecified atom stereocenters. The Morgan fingerprint density at radius 3 is 2.88 bits per heavy atom. The Morgan fingerprint density at radius 2 is 2.12 bits per heavy atom. The topological polar surface area (TPSA) is 20.3 Å². The third-order valence-corrected chi connectivity index (χ3v) is 3.23. The highest BCUT2D eigenvalue weighted by atomic mass is 16.1. The number of ketones is 1. The van der Waals surface area contributed by atoms with Crippen molar-refractivity contribution in [3.63, 3.8) is 0 Å². The molecule has 0 spiro atoms. The van der Waals surface area contributed by atoms with Gasteiger partial charge in [-0.1, -0.05) is 18.2 Å². The maximum absolute atomic E-state index is 12.1. The van der Waals surface area contributed by atoms with Crippen molar-refractivity contribution in [3.8, 4) is 0 Å². The summed E-state index contributed by atoms with van der Waals surface area (Å²) in [7, 11) is 4.01. The molecule has 2 nitrogen and oxygen atoms in total. The molecule has 0 fully saturated rings. The quantitative estimate of drug-likeness (QED) is 0.721. The summed E-state index contributed by atoms with van der Waals surface area (Å²) in [4.78, 5) is 14.1. The largest absolute Gasteiger partial charge is 0.309 e. The first-order valence-corrected chi connectivity index (χ1v) is 5.97. The molecule has 16 heavy (non-hydrogen) atoms. The second-order valence-corrected chi connectivity index (χ2v) is 4.77. The van der Waals surface area contributed by atoms with Gasteiger partial charge in [-0.25, -0.2) is 0 Å². The molecular formula is C14H19NO. The zero-order valence-electron chi connectivity index (χ0n) is 10.1. The Balaban J connectivity index is 2.15. The van der Waals surface area contributed by atoms with E-state index in [2.05, 4.69) is 11.0 Å². The smallest absolute Gasteiger partial charge is 0.164 e. The predicted octanol–water partition coefficient (Wildman–Crippen LogP) is 2.31. The maximum atomic E-state index is 12.1. The molecule has 0 saturated heterocycles. The average Bonchev–Trinajstić information content (AvgIpc) is 2.73.